The zero-order valence-electron chi connectivity index (χ0n) is 10.5. The van der Waals surface area contributed by atoms with Crippen molar-refractivity contribution in [3.63, 3.8) is 0 Å². The first-order valence-corrected chi connectivity index (χ1v) is 5.66. The molecule has 0 unspecified atom stereocenters. The summed E-state index contributed by atoms with van der Waals surface area (Å²) in [5.41, 5.74) is 3.41. The highest BCUT2D eigenvalue weighted by atomic mass is 16.5. The average Bonchev–Trinajstić information content (AvgIpc) is 2.12. The summed E-state index contributed by atoms with van der Waals surface area (Å²) in [6.07, 6.45) is 1.16. The third-order valence-corrected chi connectivity index (χ3v) is 2.18. The molecule has 1 aromatic rings. The highest BCUT2D eigenvalue weighted by Crippen LogP contribution is 2.10. The van der Waals surface area contributed by atoms with Crippen LogP contribution < -0.4 is 0 Å². The van der Waals surface area contributed by atoms with Crippen molar-refractivity contribution in [2.45, 2.75) is 46.6 Å². The van der Waals surface area contributed by atoms with Crippen LogP contribution in [0.2, 0.25) is 0 Å². The van der Waals surface area contributed by atoms with Gasteiger partial charge >= 0.3 is 5.97 Å². The van der Waals surface area contributed by atoms with Gasteiger partial charge in [0, 0.05) is 6.42 Å². The average molecular weight is 219 g/mol. The minimum atomic E-state index is -0.127. The summed E-state index contributed by atoms with van der Waals surface area (Å²) in [5, 5.41) is 0. The second kappa shape index (κ2) is 5.69. The molecule has 0 aliphatic rings. The maximum absolute atomic E-state index is 11.4. The molecule has 87 valence electrons. The fourth-order valence-corrected chi connectivity index (χ4v) is 1.69. The summed E-state index contributed by atoms with van der Waals surface area (Å²) in [6.45, 7) is 7.76. The molecule has 0 heterocycles. The predicted octanol–water partition coefficient (Wildman–Crippen LogP) is 2.99. The van der Waals surface area contributed by atoms with Gasteiger partial charge in [-0.25, -0.2) is 0 Å². The maximum atomic E-state index is 11.4. The molecule has 0 saturated carbocycles. The smallest absolute Gasteiger partial charge is 0.306 e. The number of rotatable bonds is 4. The molecule has 0 amide bonds. The van der Waals surface area contributed by atoms with Crippen molar-refractivity contribution in [3.05, 3.63) is 34.9 Å². The van der Waals surface area contributed by atoms with Gasteiger partial charge in [0.1, 0.15) is 0 Å². The van der Waals surface area contributed by atoms with Crippen LogP contribution in [0.1, 0.15) is 37.0 Å². The largest absolute Gasteiger partial charge is 0.463 e. The van der Waals surface area contributed by atoms with Crippen LogP contribution in [0.3, 0.4) is 0 Å². The minimum Gasteiger partial charge on any atom is -0.463 e. The molecule has 1 aromatic carbocycles. The molecule has 2 heteroatoms. The Bertz CT molecular complexity index is 347. The normalized spacial score (nSPS) is 10.6. The molecular formula is C14H19O2. The van der Waals surface area contributed by atoms with E-state index < -0.39 is 0 Å². The lowest BCUT2D eigenvalue weighted by Gasteiger charge is -2.08. The van der Waals surface area contributed by atoms with Gasteiger partial charge in [0.25, 0.3) is 0 Å². The SMILES string of the molecule is Cc1[c]c(C)cc(CCC(=O)OC(C)C)c1. The number of carbonyl (C=O) groups excluding carboxylic acids is 1. The van der Waals surface area contributed by atoms with Crippen LogP contribution in [0.5, 0.6) is 0 Å². The molecule has 0 atom stereocenters. The highest BCUT2D eigenvalue weighted by molar-refractivity contribution is 5.69. The number of benzene rings is 1. The van der Waals surface area contributed by atoms with E-state index in [1.165, 1.54) is 5.56 Å². The third kappa shape index (κ3) is 4.47. The lowest BCUT2D eigenvalue weighted by Crippen LogP contribution is -2.11. The molecule has 1 rings (SSSR count). The quantitative estimate of drug-likeness (QED) is 0.728. The molecule has 2 nitrogen and oxygen atoms in total. The summed E-state index contributed by atoms with van der Waals surface area (Å²) in [6, 6.07) is 7.34. The summed E-state index contributed by atoms with van der Waals surface area (Å²) < 4.78 is 5.09. The van der Waals surface area contributed by atoms with Crippen LogP contribution in [-0.4, -0.2) is 12.1 Å². The first-order valence-electron chi connectivity index (χ1n) is 5.66. The fraction of sp³-hybridized carbons (Fsp3) is 0.500. The molecule has 0 aromatic heterocycles. The zero-order chi connectivity index (χ0) is 12.1. The van der Waals surface area contributed by atoms with Gasteiger partial charge in [0.2, 0.25) is 0 Å². The Labute approximate surface area is 97.6 Å². The van der Waals surface area contributed by atoms with Gasteiger partial charge in [0.05, 0.1) is 6.10 Å². The van der Waals surface area contributed by atoms with E-state index in [9.17, 15) is 4.79 Å². The van der Waals surface area contributed by atoms with E-state index in [-0.39, 0.29) is 12.1 Å². The van der Waals surface area contributed by atoms with E-state index in [1.54, 1.807) is 0 Å². The second-order valence-corrected chi connectivity index (χ2v) is 4.39. The van der Waals surface area contributed by atoms with E-state index in [2.05, 4.69) is 18.2 Å². The first kappa shape index (κ1) is 12.8. The minimum absolute atomic E-state index is 0.0277. The summed E-state index contributed by atoms with van der Waals surface area (Å²) in [5.74, 6) is -0.127. The van der Waals surface area contributed by atoms with Gasteiger partial charge in [-0.15, -0.1) is 0 Å². The Morgan fingerprint density at radius 2 is 1.88 bits per heavy atom. The van der Waals surface area contributed by atoms with Crippen LogP contribution in [0.25, 0.3) is 0 Å². The van der Waals surface area contributed by atoms with E-state index in [0.717, 1.165) is 17.5 Å². The van der Waals surface area contributed by atoms with Gasteiger partial charge < -0.3 is 4.74 Å². The Balaban J connectivity index is 2.51. The molecule has 0 spiro atoms. The number of ether oxygens (including phenoxy) is 1. The molecule has 16 heavy (non-hydrogen) atoms. The van der Waals surface area contributed by atoms with Gasteiger partial charge in [-0.05, 0) is 56.9 Å². The van der Waals surface area contributed by atoms with Crippen molar-refractivity contribution in [1.29, 1.82) is 0 Å². The van der Waals surface area contributed by atoms with Crippen molar-refractivity contribution in [2.24, 2.45) is 0 Å². The molecule has 0 bridgehead atoms. The Morgan fingerprint density at radius 1 is 1.31 bits per heavy atom. The molecule has 0 N–H and O–H groups in total. The van der Waals surface area contributed by atoms with E-state index >= 15 is 0 Å². The first-order chi connectivity index (χ1) is 7.47. The van der Waals surface area contributed by atoms with Crippen LogP contribution in [0.4, 0.5) is 0 Å². The van der Waals surface area contributed by atoms with Crippen molar-refractivity contribution < 1.29 is 9.53 Å². The van der Waals surface area contributed by atoms with Gasteiger partial charge in [-0.1, -0.05) is 12.1 Å². The van der Waals surface area contributed by atoms with Crippen LogP contribution >= 0.6 is 0 Å². The lowest BCUT2D eigenvalue weighted by atomic mass is 10.0. The van der Waals surface area contributed by atoms with Crippen LogP contribution in [0, 0.1) is 19.9 Å². The van der Waals surface area contributed by atoms with Crippen LogP contribution in [0.15, 0.2) is 12.1 Å². The Morgan fingerprint density at radius 3 is 2.38 bits per heavy atom. The Hall–Kier alpha value is -1.31. The van der Waals surface area contributed by atoms with Gasteiger partial charge in [-0.3, -0.25) is 4.79 Å². The lowest BCUT2D eigenvalue weighted by molar-refractivity contribution is -0.147. The Kier molecular flexibility index (Phi) is 4.53. The van der Waals surface area contributed by atoms with Gasteiger partial charge in [0.15, 0.2) is 0 Å². The fourth-order valence-electron chi connectivity index (χ4n) is 1.69. The number of esters is 1. The van der Waals surface area contributed by atoms with E-state index in [4.69, 9.17) is 4.74 Å². The third-order valence-electron chi connectivity index (χ3n) is 2.18. The monoisotopic (exact) mass is 219 g/mol. The van der Waals surface area contributed by atoms with Gasteiger partial charge in [-0.2, -0.15) is 0 Å². The standard InChI is InChI=1S/C14H19O2/c1-10(2)16-14(15)6-5-13-8-11(3)7-12(4)9-13/h8-10H,5-6H2,1-4H3. The molecule has 0 aliphatic carbocycles. The topological polar surface area (TPSA) is 26.3 Å². The van der Waals surface area contributed by atoms with Crippen molar-refractivity contribution >= 4 is 5.97 Å². The van der Waals surface area contributed by atoms with Crippen molar-refractivity contribution in [1.82, 2.24) is 0 Å². The number of hydrogen-bond acceptors (Lipinski definition) is 2. The summed E-state index contributed by atoms with van der Waals surface area (Å²) >= 11 is 0. The second-order valence-electron chi connectivity index (χ2n) is 4.39. The molecule has 0 fully saturated rings. The van der Waals surface area contributed by atoms with Crippen molar-refractivity contribution in [3.8, 4) is 0 Å². The summed E-state index contributed by atoms with van der Waals surface area (Å²) in [7, 11) is 0. The molecule has 1 radical (unpaired) electrons. The van der Waals surface area contributed by atoms with Crippen molar-refractivity contribution in [2.75, 3.05) is 0 Å². The number of aryl methyl sites for hydroxylation is 3. The predicted molar refractivity (Wildman–Crippen MR) is 64.3 cm³/mol. The van der Waals surface area contributed by atoms with E-state index in [1.807, 2.05) is 27.7 Å². The number of hydrogen-bond donors (Lipinski definition) is 0. The molecule has 0 aliphatic heterocycles. The van der Waals surface area contributed by atoms with Crippen LogP contribution in [-0.2, 0) is 16.0 Å². The number of carbonyl (C=O) groups is 1. The highest BCUT2D eigenvalue weighted by Gasteiger charge is 2.06. The maximum Gasteiger partial charge on any atom is 0.306 e. The molecular weight excluding hydrogens is 200 g/mol. The molecule has 0 saturated heterocycles. The summed E-state index contributed by atoms with van der Waals surface area (Å²) in [4.78, 5) is 11.4. The zero-order valence-corrected chi connectivity index (χ0v) is 10.5. The van der Waals surface area contributed by atoms with E-state index in [0.29, 0.717) is 6.42 Å².